The van der Waals surface area contributed by atoms with E-state index in [1.807, 2.05) is 92.7 Å². The van der Waals surface area contributed by atoms with E-state index in [1.54, 1.807) is 60.7 Å². The van der Waals surface area contributed by atoms with E-state index in [2.05, 4.69) is 10.8 Å². The molecule has 10 nitrogen and oxygen atoms in total. The van der Waals surface area contributed by atoms with Crippen molar-refractivity contribution in [1.29, 1.82) is 0 Å². The molecule has 0 atom stereocenters. The largest absolute Gasteiger partial charge is 0.493 e. The molecule has 1 amide bonds. The lowest BCUT2D eigenvalue weighted by atomic mass is 9.96. The Labute approximate surface area is 318 Å². The minimum Gasteiger partial charge on any atom is -0.493 e. The first-order valence-corrected chi connectivity index (χ1v) is 17.5. The summed E-state index contributed by atoms with van der Waals surface area (Å²) in [5, 5.41) is 22.2. The third kappa shape index (κ3) is 10.2. The third-order valence-corrected chi connectivity index (χ3v) is 8.69. The highest BCUT2D eigenvalue weighted by molar-refractivity contribution is 6.11. The van der Waals surface area contributed by atoms with Gasteiger partial charge in [-0.2, -0.15) is 0 Å². The molecule has 0 saturated carbocycles. The number of rotatable bonds is 16. The lowest BCUT2D eigenvalue weighted by molar-refractivity contribution is 0.0682. The molecule has 6 aromatic carbocycles. The Kier molecular flexibility index (Phi) is 11.9. The van der Waals surface area contributed by atoms with Gasteiger partial charge < -0.3 is 25.0 Å². The van der Waals surface area contributed by atoms with Crippen molar-refractivity contribution in [3.63, 3.8) is 0 Å². The Hall–Kier alpha value is -6.91. The zero-order valence-corrected chi connectivity index (χ0v) is 30.3. The summed E-state index contributed by atoms with van der Waals surface area (Å²) in [6, 6.07) is 43.2. The number of amides is 1. The van der Waals surface area contributed by atoms with Gasteiger partial charge in [0.05, 0.1) is 35.6 Å². The molecule has 6 aromatic rings. The van der Waals surface area contributed by atoms with Crippen LogP contribution >= 0.6 is 0 Å². The summed E-state index contributed by atoms with van der Waals surface area (Å²) in [5.74, 6) is -1.48. The zero-order valence-electron chi connectivity index (χ0n) is 30.3. The van der Waals surface area contributed by atoms with Crippen LogP contribution in [0.2, 0.25) is 0 Å². The van der Waals surface area contributed by atoms with E-state index in [9.17, 15) is 24.6 Å². The number of anilines is 2. The number of carboxylic acids is 2. The minimum atomic E-state index is -1.18. The molecule has 0 aromatic heterocycles. The molecule has 4 N–H and O–H groups in total. The van der Waals surface area contributed by atoms with E-state index in [1.165, 1.54) is 6.07 Å². The van der Waals surface area contributed by atoms with Crippen LogP contribution in [-0.2, 0) is 11.4 Å². The first-order valence-electron chi connectivity index (χ1n) is 17.5. The summed E-state index contributed by atoms with van der Waals surface area (Å²) in [5.41, 5.74) is 7.88. The molecule has 0 spiro atoms. The fraction of sp³-hybridized carbons (Fsp3) is 0.133. The molecule has 0 heterocycles. The number of carboxylic acid groups (broad SMARTS) is 2. The van der Waals surface area contributed by atoms with E-state index in [0.29, 0.717) is 41.7 Å². The van der Waals surface area contributed by atoms with Crippen LogP contribution in [0.1, 0.15) is 50.5 Å². The van der Waals surface area contributed by atoms with E-state index >= 15 is 0 Å². The molecule has 0 aliphatic heterocycles. The molecule has 0 aliphatic rings. The summed E-state index contributed by atoms with van der Waals surface area (Å²) < 4.78 is 12.1. The lowest BCUT2D eigenvalue weighted by Crippen LogP contribution is -2.28. The highest BCUT2D eigenvalue weighted by Gasteiger charge is 2.21. The van der Waals surface area contributed by atoms with Gasteiger partial charge in [0.15, 0.2) is 0 Å². The van der Waals surface area contributed by atoms with Crippen LogP contribution in [0.3, 0.4) is 0 Å². The van der Waals surface area contributed by atoms with Crippen LogP contribution in [0.5, 0.6) is 11.5 Å². The first-order chi connectivity index (χ1) is 26.5. The van der Waals surface area contributed by atoms with Gasteiger partial charge in [0.25, 0.3) is 5.91 Å². The molecule has 0 aliphatic carbocycles. The van der Waals surface area contributed by atoms with E-state index < -0.39 is 17.8 Å². The van der Waals surface area contributed by atoms with E-state index in [-0.39, 0.29) is 28.7 Å². The number of nitrogens with one attached hydrogen (secondary N) is 2. The molecular formula is C45H40N2O8. The maximum atomic E-state index is 13.2. The average molecular weight is 737 g/mol. The first kappa shape index (κ1) is 37.8. The maximum Gasteiger partial charge on any atom is 0.336 e. The number of hydrogen-bond donors (Lipinski definition) is 4. The molecular weight excluding hydrogens is 697 g/mol. The molecule has 0 unspecified atom stereocenters. The maximum absolute atomic E-state index is 13.2. The number of ether oxygens (including phenoxy) is 2. The Bertz CT molecular complexity index is 2260. The van der Waals surface area contributed by atoms with Gasteiger partial charge in [0.2, 0.25) is 0 Å². The topological polar surface area (TPSA) is 143 Å². The number of aromatic carboxylic acids is 2. The second-order valence-corrected chi connectivity index (χ2v) is 13.6. The van der Waals surface area contributed by atoms with Gasteiger partial charge in [-0.3, -0.25) is 15.1 Å². The summed E-state index contributed by atoms with van der Waals surface area (Å²) >= 11 is 0. The smallest absolute Gasteiger partial charge is 0.336 e. The Morgan fingerprint density at radius 3 is 1.56 bits per heavy atom. The van der Waals surface area contributed by atoms with Crippen molar-refractivity contribution in [2.24, 2.45) is 5.41 Å². The SMILES string of the molecule is CC(C)(COc1ccc(NOCc2cc(-c3ccccc3)ccc2C(=O)O)cc1)COc1ccc(NC(=O)c2cc(-c3ccccc3)ccc2C(=O)O)cc1. The fourth-order valence-corrected chi connectivity index (χ4v) is 5.71. The van der Waals surface area contributed by atoms with Gasteiger partial charge >= 0.3 is 11.9 Å². The molecule has 0 bridgehead atoms. The third-order valence-electron chi connectivity index (χ3n) is 8.69. The van der Waals surface area contributed by atoms with Gasteiger partial charge in [0.1, 0.15) is 18.1 Å². The predicted octanol–water partition coefficient (Wildman–Crippen LogP) is 9.70. The lowest BCUT2D eigenvalue weighted by Gasteiger charge is -2.25. The molecule has 6 rings (SSSR count). The van der Waals surface area contributed by atoms with Crippen LogP contribution in [0.4, 0.5) is 11.4 Å². The van der Waals surface area contributed by atoms with Gasteiger partial charge in [0, 0.05) is 11.1 Å². The fourth-order valence-electron chi connectivity index (χ4n) is 5.71. The highest BCUT2D eigenvalue weighted by atomic mass is 16.6. The monoisotopic (exact) mass is 736 g/mol. The van der Waals surface area contributed by atoms with Crippen molar-refractivity contribution in [3.05, 3.63) is 168 Å². The standard InChI is InChI=1S/C45H40N2O8/c1-45(2,28-53-37-19-15-35(16-20-37)46-42(48)41-26-33(14-24-40(41)44(51)52)31-11-7-4-8-12-31)29-54-38-21-17-36(18-22-38)47-55-27-34-25-32(13-23-39(34)43(49)50)30-9-5-3-6-10-30/h3-26,47H,27-29H2,1-2H3,(H,46,48)(H,49,50)(H,51,52). The molecule has 55 heavy (non-hydrogen) atoms. The highest BCUT2D eigenvalue weighted by Crippen LogP contribution is 2.27. The van der Waals surface area contributed by atoms with Crippen molar-refractivity contribution in [2.75, 3.05) is 24.0 Å². The van der Waals surface area contributed by atoms with Crippen molar-refractivity contribution in [2.45, 2.75) is 20.5 Å². The second-order valence-electron chi connectivity index (χ2n) is 13.6. The van der Waals surface area contributed by atoms with E-state index in [0.717, 1.165) is 22.3 Å². The Balaban J connectivity index is 0.973. The number of carbonyl (C=O) groups excluding carboxylic acids is 1. The molecule has 0 saturated heterocycles. The van der Waals surface area contributed by atoms with Crippen LogP contribution in [0, 0.1) is 5.41 Å². The van der Waals surface area contributed by atoms with Crippen LogP contribution < -0.4 is 20.3 Å². The second kappa shape index (κ2) is 17.3. The van der Waals surface area contributed by atoms with Gasteiger partial charge in [-0.25, -0.2) is 9.59 Å². The summed E-state index contributed by atoms with van der Waals surface area (Å²) in [7, 11) is 0. The number of hydrogen-bond acceptors (Lipinski definition) is 7. The molecule has 10 heteroatoms. The zero-order chi connectivity index (χ0) is 38.8. The summed E-state index contributed by atoms with van der Waals surface area (Å²) in [4.78, 5) is 42.6. The number of benzene rings is 6. The number of carbonyl (C=O) groups is 3. The quantitative estimate of drug-likeness (QED) is 0.0714. The van der Waals surface area contributed by atoms with Crippen molar-refractivity contribution in [1.82, 2.24) is 0 Å². The van der Waals surface area contributed by atoms with Crippen LogP contribution in [0.25, 0.3) is 22.3 Å². The van der Waals surface area contributed by atoms with Crippen LogP contribution in [0.15, 0.2) is 146 Å². The predicted molar refractivity (Wildman–Crippen MR) is 212 cm³/mol. The normalized spacial score (nSPS) is 11.0. The Morgan fingerprint density at radius 1 is 0.545 bits per heavy atom. The van der Waals surface area contributed by atoms with Gasteiger partial charge in [-0.1, -0.05) is 86.6 Å². The summed E-state index contributed by atoms with van der Waals surface area (Å²) in [6.45, 7) is 4.81. The van der Waals surface area contributed by atoms with Gasteiger partial charge in [-0.15, -0.1) is 0 Å². The molecule has 0 radical (unpaired) electrons. The van der Waals surface area contributed by atoms with Crippen molar-refractivity contribution in [3.8, 4) is 33.8 Å². The average Bonchev–Trinajstić information content (AvgIpc) is 3.20. The Morgan fingerprint density at radius 2 is 1.04 bits per heavy atom. The van der Waals surface area contributed by atoms with Gasteiger partial charge in [-0.05, 0) is 101 Å². The van der Waals surface area contributed by atoms with Crippen LogP contribution in [-0.4, -0.2) is 41.3 Å². The van der Waals surface area contributed by atoms with Crippen molar-refractivity contribution < 1.29 is 38.9 Å². The van der Waals surface area contributed by atoms with Crippen molar-refractivity contribution >= 4 is 29.2 Å². The minimum absolute atomic E-state index is 0.0450. The summed E-state index contributed by atoms with van der Waals surface area (Å²) in [6.07, 6.45) is 0. The molecule has 278 valence electrons. The molecule has 0 fully saturated rings. The van der Waals surface area contributed by atoms with E-state index in [4.69, 9.17) is 14.3 Å².